The van der Waals surface area contributed by atoms with Crippen molar-refractivity contribution in [3.05, 3.63) is 216 Å². The minimum Gasteiger partial charge on any atom is -0.359 e. The topological polar surface area (TPSA) is 29.3 Å². The largest absolute Gasteiger partial charge is 0.359 e. The molecule has 1 N–H and O–H groups in total. The van der Waals surface area contributed by atoms with E-state index in [4.69, 9.17) is 4.99 Å². The number of aliphatic imine (C=N–C) groups is 1. The molecule has 1 atom stereocenters. The van der Waals surface area contributed by atoms with E-state index in [-0.39, 0.29) is 11.5 Å². The van der Waals surface area contributed by atoms with Crippen molar-refractivity contribution < 1.29 is 0 Å². The number of rotatable bonds is 5. The van der Waals surface area contributed by atoms with Crippen LogP contribution in [0.25, 0.3) is 75.6 Å². The lowest BCUT2D eigenvalue weighted by Crippen LogP contribution is -2.31. The monoisotopic (exact) mass is 773 g/mol. The second kappa shape index (κ2) is 13.0. The maximum atomic E-state index is 5.28. The van der Waals surface area contributed by atoms with Gasteiger partial charge in [0.1, 0.15) is 5.84 Å². The highest BCUT2D eigenvalue weighted by Gasteiger charge is 2.36. The van der Waals surface area contributed by atoms with E-state index in [1.807, 2.05) is 11.3 Å². The van der Waals surface area contributed by atoms with Crippen molar-refractivity contribution in [3.8, 4) is 27.9 Å². The molecule has 2 aromatic heterocycles. The summed E-state index contributed by atoms with van der Waals surface area (Å²) in [6.45, 7) is 4.74. The Morgan fingerprint density at radius 3 is 2.10 bits per heavy atom. The van der Waals surface area contributed by atoms with E-state index in [1.54, 1.807) is 0 Å². The fraction of sp³-hybridized carbons (Fsp3) is 0.0727. The molecular formula is C55H39N3S. The van der Waals surface area contributed by atoms with Crippen LogP contribution in [0, 0.1) is 0 Å². The number of thiophene rings is 1. The molecule has 4 heteroatoms. The van der Waals surface area contributed by atoms with Crippen molar-refractivity contribution in [2.75, 3.05) is 0 Å². The van der Waals surface area contributed by atoms with E-state index in [0.717, 1.165) is 33.9 Å². The van der Waals surface area contributed by atoms with Crippen LogP contribution >= 0.6 is 11.3 Å². The molecule has 3 heterocycles. The summed E-state index contributed by atoms with van der Waals surface area (Å²) in [6, 6.07) is 66.6. The SMILES string of the molecule is CC1(C)c2ccccc2-c2cc3c4ccccc4n(-c4cc(-c5cccc(C6=NC(c7ccccc7)=CC(c7ccccc7)N6)c5)c5sc6ccccc6c5c4)c3cc21. The van der Waals surface area contributed by atoms with Gasteiger partial charge in [0, 0.05) is 53.2 Å². The number of aromatic nitrogens is 1. The summed E-state index contributed by atoms with van der Waals surface area (Å²) in [7, 11) is 0. The highest BCUT2D eigenvalue weighted by molar-refractivity contribution is 7.26. The van der Waals surface area contributed by atoms with E-state index in [2.05, 4.69) is 212 Å². The van der Waals surface area contributed by atoms with Crippen LogP contribution in [-0.2, 0) is 5.41 Å². The second-order valence-corrected chi connectivity index (χ2v) is 17.5. The predicted octanol–water partition coefficient (Wildman–Crippen LogP) is 14.3. The number of para-hydroxylation sites is 1. The van der Waals surface area contributed by atoms with Gasteiger partial charge < -0.3 is 9.88 Å². The number of benzene rings is 8. The standard InChI is InChI=1S/C55H39N3S/c1-55(2)46-25-12-9-22-39(46)43-31-44-40-23-10-13-26-50(40)58(51(44)32-47(43)55)38-29-42(53-45(30-38)41-24-11-14-27-52(41)59-53)36-20-15-21-37(28-36)54-56-48(34-16-5-3-6-17-34)33-49(57-54)35-18-7-4-8-19-35/h3-33,48H,1-2H3,(H,56,57). The van der Waals surface area contributed by atoms with Gasteiger partial charge in [0.05, 0.1) is 22.8 Å². The first-order valence-corrected chi connectivity index (χ1v) is 21.2. The Bertz CT molecular complexity index is 3380. The molecule has 1 unspecified atom stereocenters. The van der Waals surface area contributed by atoms with Crippen LogP contribution in [0.3, 0.4) is 0 Å². The first kappa shape index (κ1) is 34.1. The summed E-state index contributed by atoms with van der Waals surface area (Å²) in [5.41, 5.74) is 15.7. The van der Waals surface area contributed by atoms with E-state index in [1.165, 1.54) is 75.4 Å². The van der Waals surface area contributed by atoms with Crippen LogP contribution in [-0.4, -0.2) is 10.4 Å². The average Bonchev–Trinajstić information content (AvgIpc) is 3.91. The molecule has 59 heavy (non-hydrogen) atoms. The van der Waals surface area contributed by atoms with Crippen LogP contribution < -0.4 is 5.32 Å². The van der Waals surface area contributed by atoms with Gasteiger partial charge in [0.25, 0.3) is 0 Å². The molecule has 0 radical (unpaired) electrons. The van der Waals surface area contributed by atoms with Crippen LogP contribution in [0.2, 0.25) is 0 Å². The highest BCUT2D eigenvalue weighted by Crippen LogP contribution is 2.51. The molecule has 0 amide bonds. The summed E-state index contributed by atoms with van der Waals surface area (Å²) in [5.74, 6) is 0.866. The van der Waals surface area contributed by atoms with Gasteiger partial charge in [-0.1, -0.05) is 153 Å². The molecular weight excluding hydrogens is 735 g/mol. The third-order valence-corrected chi connectivity index (χ3v) is 13.8. The molecule has 0 saturated carbocycles. The Labute approximate surface area is 347 Å². The first-order chi connectivity index (χ1) is 29.0. The van der Waals surface area contributed by atoms with Gasteiger partial charge in [0.15, 0.2) is 0 Å². The minimum absolute atomic E-state index is 0.0188. The predicted molar refractivity (Wildman–Crippen MR) is 250 cm³/mol. The minimum atomic E-state index is -0.106. The van der Waals surface area contributed by atoms with Gasteiger partial charge in [-0.2, -0.15) is 0 Å². The van der Waals surface area contributed by atoms with Gasteiger partial charge >= 0.3 is 0 Å². The van der Waals surface area contributed by atoms with Crippen molar-refractivity contribution in [2.24, 2.45) is 4.99 Å². The maximum Gasteiger partial charge on any atom is 0.134 e. The zero-order valence-corrected chi connectivity index (χ0v) is 33.6. The molecule has 12 rings (SSSR count). The third kappa shape index (κ3) is 5.30. The van der Waals surface area contributed by atoms with Crippen molar-refractivity contribution in [2.45, 2.75) is 25.3 Å². The highest BCUT2D eigenvalue weighted by atomic mass is 32.1. The van der Waals surface area contributed by atoms with E-state index in [9.17, 15) is 0 Å². The van der Waals surface area contributed by atoms with Crippen LogP contribution in [0.15, 0.2) is 193 Å². The molecule has 8 aromatic carbocycles. The third-order valence-electron chi connectivity index (χ3n) is 12.6. The van der Waals surface area contributed by atoms with Crippen molar-refractivity contribution in [3.63, 3.8) is 0 Å². The van der Waals surface area contributed by atoms with Gasteiger partial charge in [-0.3, -0.25) is 0 Å². The van der Waals surface area contributed by atoms with Gasteiger partial charge in [-0.05, 0) is 87.5 Å². The van der Waals surface area contributed by atoms with E-state index < -0.39 is 0 Å². The molecule has 3 nitrogen and oxygen atoms in total. The molecule has 0 spiro atoms. The number of hydrogen-bond acceptors (Lipinski definition) is 3. The zero-order valence-electron chi connectivity index (χ0n) is 32.8. The smallest absolute Gasteiger partial charge is 0.134 e. The lowest BCUT2D eigenvalue weighted by Gasteiger charge is -2.24. The normalized spacial score (nSPS) is 15.6. The quantitative estimate of drug-likeness (QED) is 0.185. The fourth-order valence-corrected chi connectivity index (χ4v) is 10.9. The molecule has 10 aromatic rings. The summed E-state index contributed by atoms with van der Waals surface area (Å²) < 4.78 is 5.09. The number of nitrogens with one attached hydrogen (secondary N) is 1. The lowest BCUT2D eigenvalue weighted by atomic mass is 9.82. The van der Waals surface area contributed by atoms with Gasteiger partial charge in [-0.25, -0.2) is 4.99 Å². The summed E-state index contributed by atoms with van der Waals surface area (Å²) >= 11 is 1.88. The van der Waals surface area contributed by atoms with Crippen molar-refractivity contribution in [1.82, 2.24) is 9.88 Å². The maximum absolute atomic E-state index is 5.28. The fourth-order valence-electron chi connectivity index (χ4n) is 9.72. The molecule has 0 saturated heterocycles. The molecule has 1 aliphatic carbocycles. The molecule has 280 valence electrons. The molecule has 2 aliphatic rings. The summed E-state index contributed by atoms with van der Waals surface area (Å²) in [4.78, 5) is 5.28. The van der Waals surface area contributed by atoms with Crippen LogP contribution in [0.4, 0.5) is 0 Å². The number of fused-ring (bicyclic) bond motifs is 9. The summed E-state index contributed by atoms with van der Waals surface area (Å²) in [5, 5.41) is 8.91. The Morgan fingerprint density at radius 1 is 0.525 bits per heavy atom. The van der Waals surface area contributed by atoms with E-state index >= 15 is 0 Å². The Kier molecular flexibility index (Phi) is 7.51. The van der Waals surface area contributed by atoms with Crippen molar-refractivity contribution in [1.29, 1.82) is 0 Å². The summed E-state index contributed by atoms with van der Waals surface area (Å²) in [6.07, 6.45) is 2.24. The first-order valence-electron chi connectivity index (χ1n) is 20.4. The number of nitrogens with zero attached hydrogens (tertiary/aromatic N) is 2. The van der Waals surface area contributed by atoms with Crippen molar-refractivity contribution >= 4 is 64.8 Å². The lowest BCUT2D eigenvalue weighted by molar-refractivity contribution is 0.661. The van der Waals surface area contributed by atoms with E-state index in [0.29, 0.717) is 0 Å². The molecule has 0 fully saturated rings. The zero-order chi connectivity index (χ0) is 39.2. The average molecular weight is 774 g/mol. The molecule has 1 aliphatic heterocycles. The second-order valence-electron chi connectivity index (χ2n) is 16.4. The van der Waals surface area contributed by atoms with Gasteiger partial charge in [-0.15, -0.1) is 11.3 Å². The van der Waals surface area contributed by atoms with Crippen LogP contribution in [0.1, 0.15) is 47.7 Å². The Morgan fingerprint density at radius 2 is 1.24 bits per heavy atom. The molecule has 0 bridgehead atoms. The Hall–Kier alpha value is -7.01. The van der Waals surface area contributed by atoms with Crippen LogP contribution in [0.5, 0.6) is 0 Å². The van der Waals surface area contributed by atoms with Gasteiger partial charge in [0.2, 0.25) is 0 Å². The number of amidine groups is 1. The Balaban J connectivity index is 1.07. The number of hydrogen-bond donors (Lipinski definition) is 1.